The lowest BCUT2D eigenvalue weighted by molar-refractivity contribution is 0.530. The third-order valence-corrected chi connectivity index (χ3v) is 4.20. The number of hydrogen-bond donors (Lipinski definition) is 1. The minimum atomic E-state index is 0.667. The number of oxazole rings is 1. The van der Waals surface area contributed by atoms with Gasteiger partial charge in [0.2, 0.25) is 5.89 Å². The van der Waals surface area contributed by atoms with Crippen molar-refractivity contribution in [3.63, 3.8) is 0 Å². The summed E-state index contributed by atoms with van der Waals surface area (Å²) in [7, 11) is 0. The van der Waals surface area contributed by atoms with Crippen molar-refractivity contribution in [3.05, 3.63) is 66.2 Å². The Labute approximate surface area is 128 Å². The lowest BCUT2D eigenvalue weighted by Gasteiger charge is -2.04. The maximum absolute atomic E-state index is 6.01. The van der Waals surface area contributed by atoms with E-state index in [2.05, 4.69) is 11.1 Å². The highest BCUT2D eigenvalue weighted by Crippen LogP contribution is 2.29. The summed E-state index contributed by atoms with van der Waals surface area (Å²) in [5.74, 6) is 2.17. The van der Waals surface area contributed by atoms with Crippen molar-refractivity contribution >= 4 is 17.4 Å². The lowest BCUT2D eigenvalue weighted by Crippen LogP contribution is -1.90. The van der Waals surface area contributed by atoms with Crippen molar-refractivity contribution in [2.75, 3.05) is 5.73 Å². The molecule has 3 rings (SSSR count). The summed E-state index contributed by atoms with van der Waals surface area (Å²) in [6.45, 7) is 2.03. The standard InChI is InChI=1S/C17H16N2OS/c1-12-7-8-16(14(18)9-12)21-11-17-19-10-15(20-17)13-5-3-2-4-6-13/h2-10H,11,18H2,1H3. The van der Waals surface area contributed by atoms with E-state index in [0.717, 1.165) is 21.9 Å². The molecule has 0 spiro atoms. The Bertz CT molecular complexity index is 738. The molecule has 0 fully saturated rings. The van der Waals surface area contributed by atoms with Crippen molar-refractivity contribution in [3.8, 4) is 11.3 Å². The molecule has 0 saturated heterocycles. The van der Waals surface area contributed by atoms with Crippen molar-refractivity contribution in [1.29, 1.82) is 0 Å². The van der Waals surface area contributed by atoms with E-state index < -0.39 is 0 Å². The molecule has 2 N–H and O–H groups in total. The van der Waals surface area contributed by atoms with E-state index >= 15 is 0 Å². The minimum absolute atomic E-state index is 0.667. The van der Waals surface area contributed by atoms with E-state index in [1.54, 1.807) is 18.0 Å². The number of aromatic nitrogens is 1. The van der Waals surface area contributed by atoms with Crippen LogP contribution in [0.15, 0.2) is 64.0 Å². The molecule has 0 aliphatic rings. The Hall–Kier alpha value is -2.20. The quantitative estimate of drug-likeness (QED) is 0.568. The van der Waals surface area contributed by atoms with Gasteiger partial charge in [0.1, 0.15) is 0 Å². The highest BCUT2D eigenvalue weighted by Gasteiger charge is 2.08. The number of nitrogens with zero attached hydrogens (tertiary/aromatic N) is 1. The zero-order valence-corrected chi connectivity index (χ0v) is 12.6. The van der Waals surface area contributed by atoms with Crippen molar-refractivity contribution in [2.45, 2.75) is 17.6 Å². The average Bonchev–Trinajstić information content (AvgIpc) is 2.96. The van der Waals surface area contributed by atoms with Gasteiger partial charge in [-0.3, -0.25) is 0 Å². The first-order chi connectivity index (χ1) is 10.2. The Morgan fingerprint density at radius 3 is 2.71 bits per heavy atom. The fraction of sp³-hybridized carbons (Fsp3) is 0.118. The van der Waals surface area contributed by atoms with Gasteiger partial charge >= 0.3 is 0 Å². The van der Waals surface area contributed by atoms with E-state index in [0.29, 0.717) is 11.6 Å². The van der Waals surface area contributed by atoms with Gasteiger partial charge in [0, 0.05) is 16.1 Å². The molecule has 0 radical (unpaired) electrons. The number of nitrogens with two attached hydrogens (primary N) is 1. The largest absolute Gasteiger partial charge is 0.440 e. The molecule has 0 aliphatic carbocycles. The third-order valence-electron chi connectivity index (χ3n) is 3.13. The molecule has 0 atom stereocenters. The summed E-state index contributed by atoms with van der Waals surface area (Å²) < 4.78 is 5.78. The molecule has 0 saturated carbocycles. The van der Waals surface area contributed by atoms with Crippen molar-refractivity contribution in [2.24, 2.45) is 0 Å². The Balaban J connectivity index is 1.70. The Morgan fingerprint density at radius 1 is 1.14 bits per heavy atom. The average molecular weight is 296 g/mol. The molecule has 1 aromatic heterocycles. The zero-order valence-electron chi connectivity index (χ0n) is 11.7. The Morgan fingerprint density at radius 2 is 1.95 bits per heavy atom. The first kappa shape index (κ1) is 13.8. The molecule has 4 heteroatoms. The first-order valence-corrected chi connectivity index (χ1v) is 7.70. The van der Waals surface area contributed by atoms with E-state index in [1.807, 2.05) is 49.4 Å². The van der Waals surface area contributed by atoms with Gasteiger partial charge < -0.3 is 10.2 Å². The molecule has 0 amide bonds. The van der Waals surface area contributed by atoms with Gasteiger partial charge in [0.25, 0.3) is 0 Å². The maximum Gasteiger partial charge on any atom is 0.205 e. The van der Waals surface area contributed by atoms with E-state index in [-0.39, 0.29) is 0 Å². The second-order valence-corrected chi connectivity index (χ2v) is 5.83. The summed E-state index contributed by atoms with van der Waals surface area (Å²) in [5.41, 5.74) is 9.01. The number of hydrogen-bond acceptors (Lipinski definition) is 4. The molecular formula is C17H16N2OS. The Kier molecular flexibility index (Phi) is 3.97. The van der Waals surface area contributed by atoms with Gasteiger partial charge in [-0.05, 0) is 24.6 Å². The highest BCUT2D eigenvalue weighted by molar-refractivity contribution is 7.98. The number of thioether (sulfide) groups is 1. The topological polar surface area (TPSA) is 52.0 Å². The lowest BCUT2D eigenvalue weighted by atomic mass is 10.2. The van der Waals surface area contributed by atoms with Crippen LogP contribution in [0.3, 0.4) is 0 Å². The molecule has 3 aromatic rings. The van der Waals surface area contributed by atoms with Gasteiger partial charge in [-0.25, -0.2) is 4.98 Å². The van der Waals surface area contributed by atoms with Crippen LogP contribution in [0.5, 0.6) is 0 Å². The summed E-state index contributed by atoms with van der Waals surface area (Å²) in [4.78, 5) is 5.38. The first-order valence-electron chi connectivity index (χ1n) is 6.71. The number of rotatable bonds is 4. The summed E-state index contributed by atoms with van der Waals surface area (Å²) in [5, 5.41) is 0. The molecule has 0 aliphatic heterocycles. The van der Waals surface area contributed by atoms with Crippen LogP contribution in [-0.2, 0) is 5.75 Å². The van der Waals surface area contributed by atoms with Crippen LogP contribution in [0.4, 0.5) is 5.69 Å². The normalized spacial score (nSPS) is 10.7. The molecule has 3 nitrogen and oxygen atoms in total. The third kappa shape index (κ3) is 3.28. The van der Waals surface area contributed by atoms with Crippen molar-refractivity contribution in [1.82, 2.24) is 4.98 Å². The van der Waals surface area contributed by atoms with E-state index in [9.17, 15) is 0 Å². The van der Waals surface area contributed by atoms with Crippen LogP contribution in [-0.4, -0.2) is 4.98 Å². The zero-order chi connectivity index (χ0) is 14.7. The van der Waals surface area contributed by atoms with Gasteiger partial charge in [-0.15, -0.1) is 11.8 Å². The molecular weight excluding hydrogens is 280 g/mol. The highest BCUT2D eigenvalue weighted by atomic mass is 32.2. The van der Waals surface area contributed by atoms with E-state index in [1.165, 1.54) is 5.56 Å². The SMILES string of the molecule is Cc1ccc(SCc2ncc(-c3ccccc3)o2)c(N)c1. The second kappa shape index (κ2) is 6.06. The van der Waals surface area contributed by atoms with Gasteiger partial charge in [0.05, 0.1) is 11.9 Å². The molecule has 1 heterocycles. The van der Waals surface area contributed by atoms with Crippen LogP contribution in [0.1, 0.15) is 11.5 Å². The predicted molar refractivity (Wildman–Crippen MR) is 87.1 cm³/mol. The molecule has 106 valence electrons. The smallest absolute Gasteiger partial charge is 0.205 e. The van der Waals surface area contributed by atoms with Gasteiger partial charge in [-0.1, -0.05) is 36.4 Å². The van der Waals surface area contributed by atoms with Crippen molar-refractivity contribution < 1.29 is 4.42 Å². The fourth-order valence-corrected chi connectivity index (χ4v) is 2.85. The van der Waals surface area contributed by atoms with Crippen LogP contribution in [0, 0.1) is 6.92 Å². The van der Waals surface area contributed by atoms with Crippen LogP contribution in [0.2, 0.25) is 0 Å². The second-order valence-electron chi connectivity index (χ2n) is 4.81. The summed E-state index contributed by atoms with van der Waals surface area (Å²) in [6.07, 6.45) is 1.77. The molecule has 2 aromatic carbocycles. The maximum atomic E-state index is 6.01. The number of nitrogen functional groups attached to an aromatic ring is 1. The van der Waals surface area contributed by atoms with Gasteiger partial charge in [-0.2, -0.15) is 0 Å². The summed E-state index contributed by atoms with van der Waals surface area (Å²) >= 11 is 1.64. The molecule has 21 heavy (non-hydrogen) atoms. The predicted octanol–water partition coefficient (Wildman–Crippen LogP) is 4.52. The number of anilines is 1. The van der Waals surface area contributed by atoms with Crippen LogP contribution >= 0.6 is 11.8 Å². The van der Waals surface area contributed by atoms with Gasteiger partial charge in [0.15, 0.2) is 5.76 Å². The number of aryl methyl sites for hydroxylation is 1. The monoisotopic (exact) mass is 296 g/mol. The molecule has 0 bridgehead atoms. The minimum Gasteiger partial charge on any atom is -0.440 e. The number of benzene rings is 2. The summed E-state index contributed by atoms with van der Waals surface area (Å²) in [6, 6.07) is 16.0. The molecule has 0 unspecified atom stereocenters. The van der Waals surface area contributed by atoms with Crippen LogP contribution < -0.4 is 5.73 Å². The van der Waals surface area contributed by atoms with Crippen LogP contribution in [0.25, 0.3) is 11.3 Å². The fourth-order valence-electron chi connectivity index (χ4n) is 2.05. The van der Waals surface area contributed by atoms with E-state index in [4.69, 9.17) is 10.2 Å².